The first kappa shape index (κ1) is 9.05. The number of aliphatic hydroxyl groups is 1. The van der Waals surface area contributed by atoms with Gasteiger partial charge in [0.05, 0.1) is 12.3 Å². The minimum atomic E-state index is -2.45. The van der Waals surface area contributed by atoms with Crippen molar-refractivity contribution in [3.05, 3.63) is 11.4 Å². The van der Waals surface area contributed by atoms with Gasteiger partial charge in [-0.15, -0.1) is 5.10 Å². The van der Waals surface area contributed by atoms with E-state index in [1.165, 1.54) is 0 Å². The molecule has 68 valence electrons. The van der Waals surface area contributed by atoms with Gasteiger partial charge in [0, 0.05) is 0 Å². The second kappa shape index (κ2) is 3.57. The van der Waals surface area contributed by atoms with E-state index >= 15 is 0 Å². The maximum absolute atomic E-state index is 11.9. The van der Waals surface area contributed by atoms with Crippen LogP contribution in [0.4, 0.5) is 8.78 Å². The zero-order valence-electron chi connectivity index (χ0n) is 6.54. The lowest BCUT2D eigenvalue weighted by Gasteiger charge is -2.00. The molecule has 0 spiro atoms. The topological polar surface area (TPSA) is 50.9 Å². The SMILES string of the molecule is Cc1c(CO)nnn1CC(F)F. The van der Waals surface area contributed by atoms with E-state index in [0.29, 0.717) is 11.4 Å². The number of hydrogen-bond acceptors (Lipinski definition) is 3. The number of aromatic nitrogens is 3. The Bertz CT molecular complexity index is 261. The summed E-state index contributed by atoms with van der Waals surface area (Å²) in [6, 6.07) is 0. The Morgan fingerprint density at radius 3 is 2.67 bits per heavy atom. The van der Waals surface area contributed by atoms with Gasteiger partial charge in [-0.05, 0) is 6.92 Å². The highest BCUT2D eigenvalue weighted by molar-refractivity contribution is 5.05. The molecule has 1 aromatic heterocycles. The summed E-state index contributed by atoms with van der Waals surface area (Å²) in [5.74, 6) is 0. The maximum Gasteiger partial charge on any atom is 0.257 e. The highest BCUT2D eigenvalue weighted by atomic mass is 19.3. The van der Waals surface area contributed by atoms with Crippen molar-refractivity contribution in [2.45, 2.75) is 26.5 Å². The predicted octanol–water partition coefficient (Wildman–Crippen LogP) is 0.344. The first-order valence-corrected chi connectivity index (χ1v) is 3.43. The van der Waals surface area contributed by atoms with E-state index in [2.05, 4.69) is 10.3 Å². The highest BCUT2D eigenvalue weighted by Gasteiger charge is 2.11. The van der Waals surface area contributed by atoms with E-state index < -0.39 is 13.0 Å². The van der Waals surface area contributed by atoms with Crippen LogP contribution in [0, 0.1) is 6.92 Å². The fourth-order valence-electron chi connectivity index (χ4n) is 0.847. The molecule has 0 radical (unpaired) electrons. The van der Waals surface area contributed by atoms with Gasteiger partial charge in [-0.3, -0.25) is 0 Å². The summed E-state index contributed by atoms with van der Waals surface area (Å²) < 4.78 is 24.8. The molecule has 0 aliphatic rings. The Morgan fingerprint density at radius 2 is 2.25 bits per heavy atom. The number of alkyl halides is 2. The normalized spacial score (nSPS) is 11.1. The highest BCUT2D eigenvalue weighted by Crippen LogP contribution is 2.05. The molecule has 12 heavy (non-hydrogen) atoms. The molecule has 0 amide bonds. The van der Waals surface area contributed by atoms with E-state index in [1.54, 1.807) is 6.92 Å². The predicted molar refractivity (Wildman–Crippen MR) is 36.7 cm³/mol. The molecule has 0 saturated heterocycles. The molecule has 0 fully saturated rings. The Morgan fingerprint density at radius 1 is 1.58 bits per heavy atom. The summed E-state index contributed by atoms with van der Waals surface area (Å²) in [5.41, 5.74) is 0.827. The first-order chi connectivity index (χ1) is 5.65. The molecular weight excluding hydrogens is 168 g/mol. The fraction of sp³-hybridized carbons (Fsp3) is 0.667. The third-order valence-corrected chi connectivity index (χ3v) is 1.54. The first-order valence-electron chi connectivity index (χ1n) is 3.43. The molecule has 0 unspecified atom stereocenters. The zero-order valence-corrected chi connectivity index (χ0v) is 6.54. The number of rotatable bonds is 3. The van der Waals surface area contributed by atoms with Crippen LogP contribution in [0.3, 0.4) is 0 Å². The van der Waals surface area contributed by atoms with E-state index in [9.17, 15) is 8.78 Å². The van der Waals surface area contributed by atoms with Gasteiger partial charge in [0.1, 0.15) is 12.2 Å². The number of aliphatic hydroxyl groups excluding tert-OH is 1. The lowest BCUT2D eigenvalue weighted by molar-refractivity contribution is 0.120. The van der Waals surface area contributed by atoms with Crippen molar-refractivity contribution in [2.24, 2.45) is 0 Å². The van der Waals surface area contributed by atoms with Crippen LogP contribution in [0.2, 0.25) is 0 Å². The lowest BCUT2D eigenvalue weighted by atomic mass is 10.3. The van der Waals surface area contributed by atoms with Gasteiger partial charge in [-0.25, -0.2) is 13.5 Å². The molecule has 4 nitrogen and oxygen atoms in total. The van der Waals surface area contributed by atoms with Crippen molar-refractivity contribution in [1.29, 1.82) is 0 Å². The fourth-order valence-corrected chi connectivity index (χ4v) is 0.847. The summed E-state index contributed by atoms with van der Waals surface area (Å²) in [4.78, 5) is 0. The summed E-state index contributed by atoms with van der Waals surface area (Å²) >= 11 is 0. The summed E-state index contributed by atoms with van der Waals surface area (Å²) in [6.07, 6.45) is -2.45. The van der Waals surface area contributed by atoms with Crippen LogP contribution in [0.15, 0.2) is 0 Å². The minimum Gasteiger partial charge on any atom is -0.390 e. The average molecular weight is 177 g/mol. The lowest BCUT2D eigenvalue weighted by Crippen LogP contribution is -2.09. The van der Waals surface area contributed by atoms with Crippen LogP contribution in [-0.2, 0) is 13.2 Å². The molecule has 1 heterocycles. The average Bonchev–Trinajstić information content (AvgIpc) is 2.32. The van der Waals surface area contributed by atoms with Gasteiger partial charge < -0.3 is 5.11 Å². The Kier molecular flexibility index (Phi) is 2.69. The van der Waals surface area contributed by atoms with Crippen LogP contribution in [0.25, 0.3) is 0 Å². The second-order valence-corrected chi connectivity index (χ2v) is 2.35. The second-order valence-electron chi connectivity index (χ2n) is 2.35. The molecule has 1 aromatic rings. The molecule has 0 atom stereocenters. The van der Waals surface area contributed by atoms with Crippen molar-refractivity contribution >= 4 is 0 Å². The minimum absolute atomic E-state index is 0.269. The van der Waals surface area contributed by atoms with Crippen molar-refractivity contribution in [2.75, 3.05) is 0 Å². The third-order valence-electron chi connectivity index (χ3n) is 1.54. The summed E-state index contributed by atoms with van der Waals surface area (Å²) in [5, 5.41) is 15.6. The Labute approximate surface area is 67.8 Å². The molecule has 1 rings (SSSR count). The van der Waals surface area contributed by atoms with Gasteiger partial charge in [-0.1, -0.05) is 5.21 Å². The standard InChI is InChI=1S/C6H9F2N3O/c1-4-5(3-12)9-10-11(4)2-6(7)8/h6,12H,2-3H2,1H3. The van der Waals surface area contributed by atoms with Crippen molar-refractivity contribution in [3.8, 4) is 0 Å². The number of nitrogens with zero attached hydrogens (tertiary/aromatic N) is 3. The largest absolute Gasteiger partial charge is 0.390 e. The van der Waals surface area contributed by atoms with Crippen LogP contribution >= 0.6 is 0 Å². The molecular formula is C6H9F2N3O. The summed E-state index contributed by atoms with van der Waals surface area (Å²) in [7, 11) is 0. The van der Waals surface area contributed by atoms with E-state index in [0.717, 1.165) is 4.68 Å². The van der Waals surface area contributed by atoms with E-state index in [4.69, 9.17) is 5.11 Å². The summed E-state index contributed by atoms with van der Waals surface area (Å²) in [6.45, 7) is 0.849. The quantitative estimate of drug-likeness (QED) is 0.724. The van der Waals surface area contributed by atoms with Crippen LogP contribution in [0.5, 0.6) is 0 Å². The molecule has 0 aromatic carbocycles. The molecule has 1 N–H and O–H groups in total. The zero-order chi connectivity index (χ0) is 9.14. The van der Waals surface area contributed by atoms with Crippen LogP contribution < -0.4 is 0 Å². The van der Waals surface area contributed by atoms with Crippen molar-refractivity contribution in [3.63, 3.8) is 0 Å². The molecule has 0 aliphatic heterocycles. The monoisotopic (exact) mass is 177 g/mol. The Hall–Kier alpha value is -1.04. The molecule has 0 bridgehead atoms. The van der Waals surface area contributed by atoms with Gasteiger partial charge >= 0.3 is 0 Å². The molecule has 0 saturated carbocycles. The van der Waals surface area contributed by atoms with Gasteiger partial charge in [0.15, 0.2) is 0 Å². The Balaban J connectivity index is 2.80. The third kappa shape index (κ3) is 1.76. The number of halogens is 2. The van der Waals surface area contributed by atoms with Gasteiger partial charge in [0.25, 0.3) is 6.43 Å². The number of hydrogen-bond donors (Lipinski definition) is 1. The van der Waals surface area contributed by atoms with Crippen LogP contribution in [0.1, 0.15) is 11.4 Å². The van der Waals surface area contributed by atoms with Crippen LogP contribution in [-0.4, -0.2) is 26.5 Å². The smallest absolute Gasteiger partial charge is 0.257 e. The van der Waals surface area contributed by atoms with E-state index in [1.807, 2.05) is 0 Å². The van der Waals surface area contributed by atoms with Crippen molar-refractivity contribution < 1.29 is 13.9 Å². The molecule has 0 aliphatic carbocycles. The molecule has 6 heteroatoms. The van der Waals surface area contributed by atoms with E-state index in [-0.39, 0.29) is 6.61 Å². The van der Waals surface area contributed by atoms with Gasteiger partial charge in [0.2, 0.25) is 0 Å². The maximum atomic E-state index is 11.9. The van der Waals surface area contributed by atoms with Crippen molar-refractivity contribution in [1.82, 2.24) is 15.0 Å². The van der Waals surface area contributed by atoms with Gasteiger partial charge in [-0.2, -0.15) is 0 Å².